The normalized spacial score (nSPS) is 13.8. The molecule has 5 heteroatoms. The summed E-state index contributed by atoms with van der Waals surface area (Å²) in [5.41, 5.74) is 4.80. The third-order valence-corrected chi connectivity index (χ3v) is 2.11. The van der Waals surface area contributed by atoms with Gasteiger partial charge >= 0.3 is 6.18 Å². The van der Waals surface area contributed by atoms with E-state index in [0.29, 0.717) is 6.54 Å². The summed E-state index contributed by atoms with van der Waals surface area (Å²) in [5, 5.41) is 0. The molecular weight excluding hydrogens is 181 g/mol. The van der Waals surface area contributed by atoms with Gasteiger partial charge in [0.05, 0.1) is 6.54 Å². The molecule has 80 valence electrons. The second-order valence-corrected chi connectivity index (χ2v) is 3.65. The van der Waals surface area contributed by atoms with Crippen molar-refractivity contribution in [2.75, 3.05) is 19.6 Å². The van der Waals surface area contributed by atoms with Gasteiger partial charge in [0, 0.05) is 12.1 Å². The molecule has 0 spiro atoms. The minimum Gasteiger partial charge on any atom is -0.329 e. The number of halogens is 3. The fourth-order valence-electron chi connectivity index (χ4n) is 1.10. The molecule has 0 heterocycles. The Morgan fingerprint density at radius 3 is 1.92 bits per heavy atom. The third kappa shape index (κ3) is 4.47. The van der Waals surface area contributed by atoms with Crippen molar-refractivity contribution in [3.63, 3.8) is 0 Å². The van der Waals surface area contributed by atoms with Gasteiger partial charge in [0.25, 0.3) is 0 Å². The molecule has 0 aliphatic carbocycles. The minimum atomic E-state index is -4.15. The minimum absolute atomic E-state index is 0.219. The molecule has 0 bridgehead atoms. The van der Waals surface area contributed by atoms with E-state index in [-0.39, 0.29) is 6.54 Å². The van der Waals surface area contributed by atoms with Crippen LogP contribution in [0.5, 0.6) is 0 Å². The van der Waals surface area contributed by atoms with Crippen molar-refractivity contribution in [1.29, 1.82) is 0 Å². The van der Waals surface area contributed by atoms with E-state index in [0.717, 1.165) is 0 Å². The number of nitrogens with zero attached hydrogens (tertiary/aromatic N) is 1. The van der Waals surface area contributed by atoms with Crippen molar-refractivity contribution in [1.82, 2.24) is 4.90 Å². The van der Waals surface area contributed by atoms with Crippen LogP contribution in [0.1, 0.15) is 20.8 Å². The Morgan fingerprint density at radius 2 is 1.69 bits per heavy atom. The van der Waals surface area contributed by atoms with E-state index < -0.39 is 18.3 Å². The van der Waals surface area contributed by atoms with Crippen LogP contribution >= 0.6 is 0 Å². The number of alkyl halides is 3. The number of likely N-dealkylation sites (N-methyl/N-ethyl adjacent to an activating group) is 1. The Hall–Kier alpha value is -0.290. The van der Waals surface area contributed by atoms with Crippen LogP contribution in [-0.4, -0.2) is 36.2 Å². The van der Waals surface area contributed by atoms with Crippen LogP contribution in [0, 0.1) is 0 Å². The average molecular weight is 198 g/mol. The molecule has 2 N–H and O–H groups in total. The predicted octanol–water partition coefficient (Wildman–Crippen LogP) is 1.61. The van der Waals surface area contributed by atoms with Crippen molar-refractivity contribution in [2.24, 2.45) is 5.73 Å². The third-order valence-electron chi connectivity index (χ3n) is 2.11. The Balaban J connectivity index is 4.35. The lowest BCUT2D eigenvalue weighted by atomic mass is 10.0. The van der Waals surface area contributed by atoms with Crippen molar-refractivity contribution in [3.05, 3.63) is 0 Å². The summed E-state index contributed by atoms with van der Waals surface area (Å²) in [7, 11) is 0. The van der Waals surface area contributed by atoms with Crippen LogP contribution in [0.4, 0.5) is 13.2 Å². The van der Waals surface area contributed by atoms with Gasteiger partial charge in [-0.1, -0.05) is 6.92 Å². The zero-order valence-corrected chi connectivity index (χ0v) is 8.28. The van der Waals surface area contributed by atoms with E-state index in [2.05, 4.69) is 0 Å². The van der Waals surface area contributed by atoms with Gasteiger partial charge in [-0.05, 0) is 20.4 Å². The molecule has 0 aliphatic rings. The fraction of sp³-hybridized carbons (Fsp3) is 1.00. The molecular formula is C8H17F3N2. The number of rotatable bonds is 4. The van der Waals surface area contributed by atoms with Gasteiger partial charge in [-0.2, -0.15) is 13.2 Å². The van der Waals surface area contributed by atoms with Crippen LogP contribution in [0.2, 0.25) is 0 Å². The van der Waals surface area contributed by atoms with Crippen molar-refractivity contribution in [2.45, 2.75) is 32.5 Å². The average Bonchev–Trinajstić information content (AvgIpc) is 1.98. The number of hydrogen-bond donors (Lipinski definition) is 1. The predicted molar refractivity (Wildman–Crippen MR) is 46.4 cm³/mol. The number of nitrogens with two attached hydrogens (primary N) is 1. The van der Waals surface area contributed by atoms with E-state index >= 15 is 0 Å². The van der Waals surface area contributed by atoms with Crippen LogP contribution in [-0.2, 0) is 0 Å². The molecule has 0 unspecified atom stereocenters. The topological polar surface area (TPSA) is 29.3 Å². The molecule has 0 saturated carbocycles. The van der Waals surface area contributed by atoms with Gasteiger partial charge in [-0.15, -0.1) is 0 Å². The first kappa shape index (κ1) is 12.7. The quantitative estimate of drug-likeness (QED) is 0.743. The SMILES string of the molecule is CCN(CC(F)(F)F)C(C)(C)CN. The van der Waals surface area contributed by atoms with Gasteiger partial charge in [0.2, 0.25) is 0 Å². The van der Waals surface area contributed by atoms with Crippen LogP contribution in [0.25, 0.3) is 0 Å². The zero-order chi connectivity index (χ0) is 10.7. The maximum Gasteiger partial charge on any atom is 0.401 e. The largest absolute Gasteiger partial charge is 0.401 e. The van der Waals surface area contributed by atoms with Gasteiger partial charge in [0.1, 0.15) is 0 Å². The Bertz CT molecular complexity index is 154. The first-order valence-electron chi connectivity index (χ1n) is 4.25. The maximum absolute atomic E-state index is 12.1. The molecule has 13 heavy (non-hydrogen) atoms. The molecule has 0 fully saturated rings. The molecule has 0 rings (SSSR count). The molecule has 0 amide bonds. The van der Waals surface area contributed by atoms with Crippen LogP contribution < -0.4 is 5.73 Å². The zero-order valence-electron chi connectivity index (χ0n) is 8.28. The fourth-order valence-corrected chi connectivity index (χ4v) is 1.10. The molecule has 0 aliphatic heterocycles. The highest BCUT2D eigenvalue weighted by Crippen LogP contribution is 2.21. The monoisotopic (exact) mass is 198 g/mol. The second kappa shape index (κ2) is 4.28. The Kier molecular flexibility index (Phi) is 4.19. The Labute approximate surface area is 76.9 Å². The van der Waals surface area contributed by atoms with E-state index in [9.17, 15) is 13.2 Å². The smallest absolute Gasteiger partial charge is 0.329 e. The summed E-state index contributed by atoms with van der Waals surface area (Å²) in [6, 6.07) is 0. The van der Waals surface area contributed by atoms with Gasteiger partial charge < -0.3 is 5.73 Å². The summed E-state index contributed by atoms with van der Waals surface area (Å²) in [6.45, 7) is 4.79. The van der Waals surface area contributed by atoms with E-state index in [1.165, 1.54) is 4.90 Å². The highest BCUT2D eigenvalue weighted by molar-refractivity contribution is 4.83. The molecule has 0 aromatic rings. The summed E-state index contributed by atoms with van der Waals surface area (Å²) in [5.74, 6) is 0. The molecule has 0 aromatic heterocycles. The van der Waals surface area contributed by atoms with Gasteiger partial charge in [-0.3, -0.25) is 4.90 Å². The molecule has 0 atom stereocenters. The lowest BCUT2D eigenvalue weighted by Crippen LogP contribution is -2.52. The highest BCUT2D eigenvalue weighted by atomic mass is 19.4. The first-order chi connectivity index (χ1) is 5.73. The van der Waals surface area contributed by atoms with Crippen LogP contribution in [0.15, 0.2) is 0 Å². The summed E-state index contributed by atoms with van der Waals surface area (Å²) in [6.07, 6.45) is -4.15. The first-order valence-corrected chi connectivity index (χ1v) is 4.25. The molecule has 2 nitrogen and oxygen atoms in total. The van der Waals surface area contributed by atoms with E-state index in [1.54, 1.807) is 20.8 Å². The Morgan fingerprint density at radius 1 is 1.23 bits per heavy atom. The molecule has 0 aromatic carbocycles. The summed E-state index contributed by atoms with van der Waals surface area (Å²) >= 11 is 0. The lowest BCUT2D eigenvalue weighted by Gasteiger charge is -2.37. The lowest BCUT2D eigenvalue weighted by molar-refractivity contribution is -0.156. The number of hydrogen-bond acceptors (Lipinski definition) is 2. The van der Waals surface area contributed by atoms with E-state index in [1.807, 2.05) is 0 Å². The van der Waals surface area contributed by atoms with Crippen molar-refractivity contribution in [3.8, 4) is 0 Å². The van der Waals surface area contributed by atoms with Gasteiger partial charge in [0.15, 0.2) is 0 Å². The highest BCUT2D eigenvalue weighted by Gasteiger charge is 2.35. The van der Waals surface area contributed by atoms with Crippen LogP contribution in [0.3, 0.4) is 0 Å². The van der Waals surface area contributed by atoms with E-state index in [4.69, 9.17) is 5.73 Å². The second-order valence-electron chi connectivity index (χ2n) is 3.65. The maximum atomic E-state index is 12.1. The summed E-state index contributed by atoms with van der Waals surface area (Å²) < 4.78 is 36.2. The van der Waals surface area contributed by atoms with Crippen molar-refractivity contribution >= 4 is 0 Å². The standard InChI is InChI=1S/C8H17F3N2/c1-4-13(6-8(9,10)11)7(2,3)5-12/h4-6,12H2,1-3H3. The van der Waals surface area contributed by atoms with Crippen molar-refractivity contribution < 1.29 is 13.2 Å². The molecule has 0 radical (unpaired) electrons. The summed E-state index contributed by atoms with van der Waals surface area (Å²) in [4.78, 5) is 1.33. The molecule has 0 saturated heterocycles. The van der Waals surface area contributed by atoms with Gasteiger partial charge in [-0.25, -0.2) is 0 Å².